The number of ether oxygens (including phenoxy) is 3. The van der Waals surface area contributed by atoms with Crippen molar-refractivity contribution in [2.24, 2.45) is 10.7 Å². The largest absolute Gasteiger partial charge is 0.487 e. The van der Waals surface area contributed by atoms with E-state index in [0.29, 0.717) is 41.4 Å². The molecule has 3 aromatic rings. The molecule has 1 aliphatic heterocycles. The highest BCUT2D eigenvalue weighted by molar-refractivity contribution is 5.67. The van der Waals surface area contributed by atoms with Crippen LogP contribution in [0.1, 0.15) is 70.9 Å². The lowest BCUT2D eigenvalue weighted by Gasteiger charge is -2.42. The summed E-state index contributed by atoms with van der Waals surface area (Å²) in [4.78, 5) is 15.7. The quantitative estimate of drug-likeness (QED) is 0.191. The molecule has 47 heavy (non-hydrogen) atoms. The summed E-state index contributed by atoms with van der Waals surface area (Å²) in [6, 6.07) is 8.36. The van der Waals surface area contributed by atoms with E-state index < -0.39 is 5.60 Å². The van der Waals surface area contributed by atoms with E-state index in [-0.39, 0.29) is 31.0 Å². The molecule has 0 spiro atoms. The second-order valence-electron chi connectivity index (χ2n) is 13.2. The zero-order valence-electron chi connectivity index (χ0n) is 27.4. The van der Waals surface area contributed by atoms with Gasteiger partial charge in [0.2, 0.25) is 5.95 Å². The van der Waals surface area contributed by atoms with Crippen molar-refractivity contribution in [2.75, 3.05) is 31.6 Å². The molecule has 2 aliphatic carbocycles. The van der Waals surface area contributed by atoms with Gasteiger partial charge in [-0.05, 0) is 77.0 Å². The smallest absolute Gasteiger partial charge is 0.257 e. The Labute approximate surface area is 275 Å². The van der Waals surface area contributed by atoms with E-state index in [4.69, 9.17) is 25.0 Å². The van der Waals surface area contributed by atoms with Crippen LogP contribution in [0.15, 0.2) is 41.8 Å². The highest BCUT2D eigenvalue weighted by Gasteiger charge is 2.42. The third-order valence-corrected chi connectivity index (χ3v) is 9.14. The molecule has 1 saturated heterocycles. The number of nitriles is 1. The zero-order valence-corrected chi connectivity index (χ0v) is 27.4. The summed E-state index contributed by atoms with van der Waals surface area (Å²) in [6.45, 7) is 8.73. The fourth-order valence-electron chi connectivity index (χ4n) is 6.47. The first-order valence-electron chi connectivity index (χ1n) is 16.6. The summed E-state index contributed by atoms with van der Waals surface area (Å²) in [5, 5.41) is 28.1. The predicted octanol–water partition coefficient (Wildman–Crippen LogP) is 4.21. The van der Waals surface area contributed by atoms with Gasteiger partial charge >= 0.3 is 0 Å². The highest BCUT2D eigenvalue weighted by Crippen LogP contribution is 2.38. The minimum absolute atomic E-state index is 0.193. The maximum Gasteiger partial charge on any atom is 0.257 e. The van der Waals surface area contributed by atoms with Gasteiger partial charge < -0.3 is 30.4 Å². The molecular weight excluding hydrogens is 598 g/mol. The normalized spacial score (nSPS) is 24.8. The number of benzene rings is 1. The van der Waals surface area contributed by atoms with Crippen LogP contribution in [-0.4, -0.2) is 92.3 Å². The summed E-state index contributed by atoms with van der Waals surface area (Å²) in [5.74, 6) is 1.28. The molecule has 3 aliphatic rings. The van der Waals surface area contributed by atoms with Gasteiger partial charge in [-0.3, -0.25) is 14.6 Å². The molecule has 1 aromatic carbocycles. The van der Waals surface area contributed by atoms with Crippen molar-refractivity contribution < 1.29 is 19.3 Å². The summed E-state index contributed by atoms with van der Waals surface area (Å²) in [6.07, 6.45) is 12.6. The molecule has 6 rings (SSSR count). The lowest BCUT2D eigenvalue weighted by molar-refractivity contribution is -0.0852. The SMILES string of the molecule is C[C@@H]1CN(C2CCC(n3cc(Nc4ncc(-c5ccc(C#N)c(O[C@@H](C)CN=CN)c5)cn4)c(OCC4(O)CC4)n3)CC2)C[C@H](C)O1. The van der Waals surface area contributed by atoms with E-state index in [9.17, 15) is 10.4 Å². The zero-order chi connectivity index (χ0) is 33.0. The van der Waals surface area contributed by atoms with Gasteiger partial charge in [0.05, 0.1) is 48.5 Å². The third-order valence-electron chi connectivity index (χ3n) is 9.14. The van der Waals surface area contributed by atoms with Gasteiger partial charge in [0.15, 0.2) is 0 Å². The van der Waals surface area contributed by atoms with Crippen LogP contribution in [0.2, 0.25) is 0 Å². The molecule has 0 bridgehead atoms. The van der Waals surface area contributed by atoms with Crippen LogP contribution in [0.3, 0.4) is 0 Å². The second kappa shape index (κ2) is 14.3. The van der Waals surface area contributed by atoms with E-state index in [1.54, 1.807) is 24.5 Å². The molecule has 13 heteroatoms. The lowest BCUT2D eigenvalue weighted by Crippen LogP contribution is -2.51. The van der Waals surface area contributed by atoms with Crippen LogP contribution in [0.5, 0.6) is 11.6 Å². The van der Waals surface area contributed by atoms with Crippen LogP contribution in [-0.2, 0) is 4.74 Å². The number of nitrogens with zero attached hydrogens (tertiary/aromatic N) is 7. The van der Waals surface area contributed by atoms with Crippen LogP contribution in [0.25, 0.3) is 11.1 Å². The topological polar surface area (TPSA) is 169 Å². The van der Waals surface area contributed by atoms with Gasteiger partial charge in [0.25, 0.3) is 5.88 Å². The van der Waals surface area contributed by atoms with Gasteiger partial charge in [0.1, 0.15) is 30.2 Å². The molecule has 0 amide bonds. The van der Waals surface area contributed by atoms with Crippen molar-refractivity contribution in [3.8, 4) is 28.8 Å². The Hall–Kier alpha value is -4.25. The number of rotatable bonds is 12. The molecule has 3 heterocycles. The van der Waals surface area contributed by atoms with Crippen LogP contribution in [0.4, 0.5) is 11.6 Å². The monoisotopic (exact) mass is 643 g/mol. The average Bonchev–Trinajstić information content (AvgIpc) is 3.68. The number of aromatic nitrogens is 4. The summed E-state index contributed by atoms with van der Waals surface area (Å²) < 4.78 is 20.0. The van der Waals surface area contributed by atoms with E-state index in [1.165, 1.54) is 6.34 Å². The molecule has 4 N–H and O–H groups in total. The first-order valence-corrected chi connectivity index (χ1v) is 16.6. The number of hydrogen-bond acceptors (Lipinski definition) is 11. The Kier molecular flexibility index (Phi) is 9.91. The van der Waals surface area contributed by atoms with Gasteiger partial charge in [-0.25, -0.2) is 9.97 Å². The van der Waals surface area contributed by atoms with Crippen molar-refractivity contribution >= 4 is 18.0 Å². The average molecular weight is 644 g/mol. The molecular formula is C34H45N9O4. The first kappa shape index (κ1) is 32.7. The van der Waals surface area contributed by atoms with Crippen molar-refractivity contribution in [2.45, 2.75) is 95.3 Å². The minimum atomic E-state index is -0.775. The number of nitrogens with two attached hydrogens (primary N) is 1. The molecule has 2 saturated carbocycles. The molecule has 0 radical (unpaired) electrons. The second-order valence-corrected chi connectivity index (χ2v) is 13.2. The highest BCUT2D eigenvalue weighted by atomic mass is 16.5. The van der Waals surface area contributed by atoms with E-state index >= 15 is 0 Å². The molecule has 13 nitrogen and oxygen atoms in total. The standard InChI is InChI=1S/C34H45N9O4/c1-22(14-37-21-36)47-31-12-25(4-5-26(31)13-35)27-15-38-33(39-16-27)40-30-19-43(41-32(30)45-20-34(44)10-11-34)29-8-6-28(7-9-29)42-17-23(2)46-24(3)18-42/h4-5,12,15-16,19,21-24,28-29,44H,6-11,14,17-18,20H2,1-3H3,(H2,36,37)(H,38,39,40)/t22-,23-,24+,28?,29?/m0/s1. The number of nitrogens with one attached hydrogen (secondary N) is 1. The van der Waals surface area contributed by atoms with E-state index in [2.05, 4.69) is 45.1 Å². The van der Waals surface area contributed by atoms with E-state index in [1.807, 2.05) is 23.9 Å². The molecule has 2 aromatic heterocycles. The van der Waals surface area contributed by atoms with Gasteiger partial charge in [-0.1, -0.05) is 6.07 Å². The fourth-order valence-corrected chi connectivity index (χ4v) is 6.47. The third kappa shape index (κ3) is 8.19. The number of aliphatic hydroxyl groups is 1. The number of aliphatic imine (C=N–C) groups is 1. The van der Waals surface area contributed by atoms with Crippen molar-refractivity contribution in [3.05, 3.63) is 42.4 Å². The summed E-state index contributed by atoms with van der Waals surface area (Å²) >= 11 is 0. The Bertz CT molecular complexity index is 1570. The van der Waals surface area contributed by atoms with Gasteiger partial charge in [-0.2, -0.15) is 5.26 Å². The maximum atomic E-state index is 10.4. The summed E-state index contributed by atoms with van der Waals surface area (Å²) in [7, 11) is 0. The van der Waals surface area contributed by atoms with Crippen molar-refractivity contribution in [1.82, 2.24) is 24.6 Å². The Morgan fingerprint density at radius 3 is 2.51 bits per heavy atom. The Morgan fingerprint density at radius 2 is 1.85 bits per heavy atom. The van der Waals surface area contributed by atoms with Crippen LogP contribution < -0.4 is 20.5 Å². The number of morpholine rings is 1. The van der Waals surface area contributed by atoms with Crippen molar-refractivity contribution in [1.29, 1.82) is 5.26 Å². The fraction of sp³-hybridized carbons (Fsp3) is 0.559. The van der Waals surface area contributed by atoms with Crippen LogP contribution in [0, 0.1) is 11.3 Å². The van der Waals surface area contributed by atoms with Gasteiger partial charge in [0, 0.05) is 37.1 Å². The van der Waals surface area contributed by atoms with Gasteiger partial charge in [-0.15, -0.1) is 5.10 Å². The maximum absolute atomic E-state index is 10.4. The molecule has 0 unspecified atom stereocenters. The summed E-state index contributed by atoms with van der Waals surface area (Å²) in [5.41, 5.74) is 7.24. The molecule has 3 fully saturated rings. The predicted molar refractivity (Wildman–Crippen MR) is 178 cm³/mol. The van der Waals surface area contributed by atoms with Crippen molar-refractivity contribution in [3.63, 3.8) is 0 Å². The minimum Gasteiger partial charge on any atom is -0.487 e. The number of anilines is 2. The number of hydrogen-bond donors (Lipinski definition) is 3. The Balaban J connectivity index is 1.14. The lowest BCUT2D eigenvalue weighted by atomic mass is 9.89. The molecule has 250 valence electrons. The van der Waals surface area contributed by atoms with Crippen LogP contribution >= 0.6 is 0 Å². The Morgan fingerprint density at radius 1 is 1.15 bits per heavy atom. The van der Waals surface area contributed by atoms with E-state index in [0.717, 1.165) is 62.7 Å². The molecule has 3 atom stereocenters. The first-order chi connectivity index (χ1) is 22.7.